The zero-order valence-electron chi connectivity index (χ0n) is 10.9. The van der Waals surface area contributed by atoms with Gasteiger partial charge in [-0.2, -0.15) is 0 Å². The monoisotopic (exact) mass is 232 g/mol. The van der Waals surface area contributed by atoms with Crippen LogP contribution in [-0.2, 0) is 6.42 Å². The summed E-state index contributed by atoms with van der Waals surface area (Å²) in [6.07, 6.45) is 3.80. The fourth-order valence-corrected chi connectivity index (χ4v) is 2.59. The van der Waals surface area contributed by atoms with Crippen molar-refractivity contribution in [2.45, 2.75) is 26.2 Å². The lowest BCUT2D eigenvalue weighted by Crippen LogP contribution is -2.39. The average molecular weight is 232 g/mol. The summed E-state index contributed by atoms with van der Waals surface area (Å²) >= 11 is 0. The summed E-state index contributed by atoms with van der Waals surface area (Å²) in [6, 6.07) is 8.90. The summed E-state index contributed by atoms with van der Waals surface area (Å²) in [5, 5.41) is 0. The van der Waals surface area contributed by atoms with Crippen molar-refractivity contribution < 1.29 is 0 Å². The van der Waals surface area contributed by atoms with Crippen LogP contribution in [0.4, 0.5) is 0 Å². The van der Waals surface area contributed by atoms with Crippen LogP contribution in [-0.4, -0.2) is 31.1 Å². The number of nitrogens with zero attached hydrogens (tertiary/aromatic N) is 1. The van der Waals surface area contributed by atoms with Gasteiger partial charge in [-0.15, -0.1) is 0 Å². The minimum Gasteiger partial charge on any atom is -0.330 e. The molecule has 1 saturated heterocycles. The van der Waals surface area contributed by atoms with Crippen LogP contribution in [0.25, 0.3) is 0 Å². The molecule has 2 N–H and O–H groups in total. The Morgan fingerprint density at radius 1 is 1.29 bits per heavy atom. The van der Waals surface area contributed by atoms with Crippen molar-refractivity contribution in [1.82, 2.24) is 4.90 Å². The Balaban J connectivity index is 1.79. The second kappa shape index (κ2) is 6.18. The van der Waals surface area contributed by atoms with Gasteiger partial charge in [0, 0.05) is 13.1 Å². The molecule has 17 heavy (non-hydrogen) atoms. The van der Waals surface area contributed by atoms with Crippen LogP contribution in [0.5, 0.6) is 0 Å². The van der Waals surface area contributed by atoms with E-state index in [9.17, 15) is 0 Å². The van der Waals surface area contributed by atoms with Gasteiger partial charge < -0.3 is 10.6 Å². The topological polar surface area (TPSA) is 29.3 Å². The van der Waals surface area contributed by atoms with Crippen LogP contribution < -0.4 is 5.73 Å². The van der Waals surface area contributed by atoms with Gasteiger partial charge in [0.25, 0.3) is 0 Å². The standard InChI is InChI=1S/C15H24N2/c1-13-4-6-14(7-5-13)8-10-17-9-2-3-15(11-16)12-17/h4-7,15H,2-3,8-12,16H2,1H3. The van der Waals surface area contributed by atoms with Crippen LogP contribution in [0.15, 0.2) is 24.3 Å². The Bertz CT molecular complexity index is 331. The highest BCUT2D eigenvalue weighted by Gasteiger charge is 2.17. The highest BCUT2D eigenvalue weighted by atomic mass is 15.1. The van der Waals surface area contributed by atoms with Gasteiger partial charge in [-0.05, 0) is 50.8 Å². The molecular formula is C15H24N2. The van der Waals surface area contributed by atoms with E-state index in [2.05, 4.69) is 36.1 Å². The first kappa shape index (κ1) is 12.6. The summed E-state index contributed by atoms with van der Waals surface area (Å²) in [6.45, 7) is 6.62. The molecule has 0 saturated carbocycles. The fraction of sp³-hybridized carbons (Fsp3) is 0.600. The quantitative estimate of drug-likeness (QED) is 0.862. The Hall–Kier alpha value is -0.860. The fourth-order valence-electron chi connectivity index (χ4n) is 2.59. The molecule has 1 aromatic rings. The molecule has 0 aromatic heterocycles. The summed E-state index contributed by atoms with van der Waals surface area (Å²) < 4.78 is 0. The number of piperidine rings is 1. The molecule has 0 spiro atoms. The van der Waals surface area contributed by atoms with Crippen LogP contribution >= 0.6 is 0 Å². The lowest BCUT2D eigenvalue weighted by Gasteiger charge is -2.32. The number of benzene rings is 1. The third kappa shape index (κ3) is 3.83. The molecule has 2 nitrogen and oxygen atoms in total. The van der Waals surface area contributed by atoms with Crippen molar-refractivity contribution in [2.24, 2.45) is 11.7 Å². The molecule has 0 bridgehead atoms. The minimum atomic E-state index is 0.724. The van der Waals surface area contributed by atoms with Crippen molar-refractivity contribution >= 4 is 0 Å². The highest BCUT2D eigenvalue weighted by Crippen LogP contribution is 2.15. The van der Waals surface area contributed by atoms with Crippen molar-refractivity contribution in [3.63, 3.8) is 0 Å². The number of likely N-dealkylation sites (tertiary alicyclic amines) is 1. The third-order valence-electron chi connectivity index (χ3n) is 3.77. The van der Waals surface area contributed by atoms with E-state index in [4.69, 9.17) is 5.73 Å². The second-order valence-corrected chi connectivity index (χ2v) is 5.28. The maximum Gasteiger partial charge on any atom is 0.00219 e. The normalized spacial score (nSPS) is 21.6. The molecule has 1 aliphatic rings. The molecule has 1 aromatic carbocycles. The van der Waals surface area contributed by atoms with E-state index >= 15 is 0 Å². The van der Waals surface area contributed by atoms with Gasteiger partial charge in [-0.1, -0.05) is 29.8 Å². The number of hydrogen-bond donors (Lipinski definition) is 1. The van der Waals surface area contributed by atoms with Crippen molar-refractivity contribution in [3.8, 4) is 0 Å². The van der Waals surface area contributed by atoms with Gasteiger partial charge in [0.1, 0.15) is 0 Å². The van der Waals surface area contributed by atoms with Crippen LogP contribution in [0, 0.1) is 12.8 Å². The first-order valence-electron chi connectivity index (χ1n) is 6.76. The predicted octanol–water partition coefficient (Wildman–Crippen LogP) is 2.21. The molecule has 94 valence electrons. The first-order chi connectivity index (χ1) is 8.28. The zero-order chi connectivity index (χ0) is 12.1. The minimum absolute atomic E-state index is 0.724. The zero-order valence-corrected chi connectivity index (χ0v) is 10.9. The molecule has 0 radical (unpaired) electrons. The van der Waals surface area contributed by atoms with Crippen LogP contribution in [0.3, 0.4) is 0 Å². The number of nitrogens with two attached hydrogens (primary N) is 1. The van der Waals surface area contributed by atoms with Gasteiger partial charge in [0.15, 0.2) is 0 Å². The lowest BCUT2D eigenvalue weighted by molar-refractivity contribution is 0.180. The molecule has 0 aliphatic carbocycles. The van der Waals surface area contributed by atoms with Gasteiger partial charge in [-0.3, -0.25) is 0 Å². The van der Waals surface area contributed by atoms with Gasteiger partial charge in [-0.25, -0.2) is 0 Å². The number of hydrogen-bond acceptors (Lipinski definition) is 2. The van der Waals surface area contributed by atoms with Gasteiger partial charge >= 0.3 is 0 Å². The van der Waals surface area contributed by atoms with Crippen molar-refractivity contribution in [2.75, 3.05) is 26.2 Å². The van der Waals surface area contributed by atoms with Crippen LogP contribution in [0.1, 0.15) is 24.0 Å². The molecular weight excluding hydrogens is 208 g/mol. The summed E-state index contributed by atoms with van der Waals surface area (Å²) in [5.41, 5.74) is 8.55. The second-order valence-electron chi connectivity index (χ2n) is 5.28. The average Bonchev–Trinajstić information content (AvgIpc) is 2.38. The largest absolute Gasteiger partial charge is 0.330 e. The molecule has 1 aliphatic heterocycles. The lowest BCUT2D eigenvalue weighted by atomic mass is 9.98. The van der Waals surface area contributed by atoms with E-state index < -0.39 is 0 Å². The molecule has 1 atom stereocenters. The van der Waals surface area contributed by atoms with Gasteiger partial charge in [0.05, 0.1) is 0 Å². The van der Waals surface area contributed by atoms with Crippen molar-refractivity contribution in [3.05, 3.63) is 35.4 Å². The Morgan fingerprint density at radius 2 is 2.06 bits per heavy atom. The van der Waals surface area contributed by atoms with E-state index in [1.165, 1.54) is 43.6 Å². The van der Waals surface area contributed by atoms with E-state index in [0.29, 0.717) is 0 Å². The maximum atomic E-state index is 5.76. The van der Waals surface area contributed by atoms with E-state index in [-0.39, 0.29) is 0 Å². The Morgan fingerprint density at radius 3 is 2.76 bits per heavy atom. The smallest absolute Gasteiger partial charge is 0.00219 e. The molecule has 0 amide bonds. The first-order valence-corrected chi connectivity index (χ1v) is 6.76. The van der Waals surface area contributed by atoms with Gasteiger partial charge in [0.2, 0.25) is 0 Å². The Labute approximate surface area is 105 Å². The van der Waals surface area contributed by atoms with Crippen molar-refractivity contribution in [1.29, 1.82) is 0 Å². The molecule has 1 heterocycles. The molecule has 1 unspecified atom stereocenters. The SMILES string of the molecule is Cc1ccc(CCN2CCCC(CN)C2)cc1. The van der Waals surface area contributed by atoms with E-state index in [1.807, 2.05) is 0 Å². The number of aryl methyl sites for hydroxylation is 1. The molecule has 2 heteroatoms. The number of rotatable bonds is 4. The highest BCUT2D eigenvalue weighted by molar-refractivity contribution is 5.21. The molecule has 2 rings (SSSR count). The third-order valence-corrected chi connectivity index (χ3v) is 3.77. The van der Waals surface area contributed by atoms with Crippen LogP contribution in [0.2, 0.25) is 0 Å². The summed E-state index contributed by atoms with van der Waals surface area (Å²) in [4.78, 5) is 2.57. The Kier molecular flexibility index (Phi) is 4.57. The summed E-state index contributed by atoms with van der Waals surface area (Å²) in [5.74, 6) is 0.724. The summed E-state index contributed by atoms with van der Waals surface area (Å²) in [7, 11) is 0. The maximum absolute atomic E-state index is 5.76. The van der Waals surface area contributed by atoms with E-state index in [0.717, 1.165) is 18.9 Å². The van der Waals surface area contributed by atoms with E-state index in [1.54, 1.807) is 0 Å². The predicted molar refractivity (Wildman–Crippen MR) is 73.1 cm³/mol. The molecule has 1 fully saturated rings.